The smallest absolute Gasteiger partial charge is 0.265 e. The van der Waals surface area contributed by atoms with Crippen molar-refractivity contribution in [3.63, 3.8) is 0 Å². The third kappa shape index (κ3) is 2.99. The lowest BCUT2D eigenvalue weighted by Gasteiger charge is -2.21. The molecular formula is C15H17ClN2O2S. The van der Waals surface area contributed by atoms with E-state index in [1.807, 2.05) is 19.1 Å². The Morgan fingerprint density at radius 1 is 1.10 bits per heavy atom. The SMILES string of the molecule is Cc1ccc(N(C)S(=O)(=O)c2cc(N)c(C)cc2Cl)cc1. The highest BCUT2D eigenvalue weighted by atomic mass is 35.5. The summed E-state index contributed by atoms with van der Waals surface area (Å²) in [6.45, 7) is 3.72. The minimum atomic E-state index is -3.75. The van der Waals surface area contributed by atoms with E-state index in [1.54, 1.807) is 25.1 Å². The van der Waals surface area contributed by atoms with Crippen LogP contribution in [-0.2, 0) is 10.0 Å². The topological polar surface area (TPSA) is 63.4 Å². The number of benzene rings is 2. The van der Waals surface area contributed by atoms with Gasteiger partial charge in [0.1, 0.15) is 4.90 Å². The Bertz CT molecular complexity index is 771. The molecule has 0 aliphatic heterocycles. The van der Waals surface area contributed by atoms with E-state index in [-0.39, 0.29) is 9.92 Å². The Morgan fingerprint density at radius 3 is 2.24 bits per heavy atom. The standard InChI is InChI=1S/C15H17ClN2O2S/c1-10-4-6-12(7-5-10)18(3)21(19,20)15-9-14(17)11(2)8-13(15)16/h4-9H,17H2,1-3H3. The zero-order valence-corrected chi connectivity index (χ0v) is 13.7. The quantitative estimate of drug-likeness (QED) is 0.880. The van der Waals surface area contributed by atoms with Gasteiger partial charge in [-0.2, -0.15) is 0 Å². The van der Waals surface area contributed by atoms with E-state index >= 15 is 0 Å². The first-order valence-electron chi connectivity index (χ1n) is 6.34. The van der Waals surface area contributed by atoms with Gasteiger partial charge in [0.25, 0.3) is 10.0 Å². The van der Waals surface area contributed by atoms with Crippen molar-refractivity contribution in [3.8, 4) is 0 Å². The van der Waals surface area contributed by atoms with E-state index in [0.717, 1.165) is 11.1 Å². The minimum absolute atomic E-state index is 0.00958. The molecule has 2 aromatic carbocycles. The fraction of sp³-hybridized carbons (Fsp3) is 0.200. The van der Waals surface area contributed by atoms with Gasteiger partial charge in [-0.1, -0.05) is 29.3 Å². The van der Waals surface area contributed by atoms with Gasteiger partial charge in [-0.25, -0.2) is 8.42 Å². The molecule has 0 heterocycles. The second-order valence-corrected chi connectivity index (χ2v) is 7.29. The van der Waals surface area contributed by atoms with E-state index in [0.29, 0.717) is 11.4 Å². The summed E-state index contributed by atoms with van der Waals surface area (Å²) in [7, 11) is -2.26. The maximum Gasteiger partial charge on any atom is 0.265 e. The number of halogens is 1. The van der Waals surface area contributed by atoms with Crippen LogP contribution in [0.4, 0.5) is 11.4 Å². The minimum Gasteiger partial charge on any atom is -0.398 e. The molecule has 2 aromatic rings. The van der Waals surface area contributed by atoms with Crippen molar-refractivity contribution in [2.24, 2.45) is 0 Å². The fourth-order valence-electron chi connectivity index (χ4n) is 1.91. The summed E-state index contributed by atoms with van der Waals surface area (Å²) in [5, 5.41) is 0.167. The molecule has 0 saturated carbocycles. The number of aryl methyl sites for hydroxylation is 2. The zero-order valence-electron chi connectivity index (χ0n) is 12.1. The van der Waals surface area contributed by atoms with E-state index in [2.05, 4.69) is 0 Å². The maximum atomic E-state index is 12.7. The van der Waals surface area contributed by atoms with Crippen molar-refractivity contribution in [3.05, 3.63) is 52.5 Å². The molecule has 0 bridgehead atoms. The van der Waals surface area contributed by atoms with Gasteiger partial charge in [0.15, 0.2) is 0 Å². The molecule has 0 aliphatic rings. The van der Waals surface area contributed by atoms with E-state index in [9.17, 15) is 8.42 Å². The second-order valence-electron chi connectivity index (χ2n) is 4.95. The largest absolute Gasteiger partial charge is 0.398 e. The lowest BCUT2D eigenvalue weighted by molar-refractivity contribution is 0.594. The average molecular weight is 325 g/mol. The van der Waals surface area contributed by atoms with Gasteiger partial charge in [-0.3, -0.25) is 4.31 Å². The summed E-state index contributed by atoms with van der Waals surface area (Å²) in [6, 6.07) is 10.2. The number of rotatable bonds is 3. The Balaban J connectivity index is 2.51. The van der Waals surface area contributed by atoms with E-state index in [1.165, 1.54) is 17.4 Å². The van der Waals surface area contributed by atoms with Crippen molar-refractivity contribution >= 4 is 33.0 Å². The predicted molar refractivity (Wildman–Crippen MR) is 87.4 cm³/mol. The van der Waals surface area contributed by atoms with Gasteiger partial charge >= 0.3 is 0 Å². The molecule has 0 aromatic heterocycles. The van der Waals surface area contributed by atoms with Crippen LogP contribution in [-0.4, -0.2) is 15.5 Å². The molecule has 0 atom stereocenters. The van der Waals surface area contributed by atoms with Crippen LogP contribution in [0.25, 0.3) is 0 Å². The van der Waals surface area contributed by atoms with Gasteiger partial charge in [-0.05, 0) is 43.7 Å². The lowest BCUT2D eigenvalue weighted by atomic mass is 10.2. The first kappa shape index (κ1) is 15.7. The molecule has 0 aliphatic carbocycles. The summed E-state index contributed by atoms with van der Waals surface area (Å²) in [5.74, 6) is 0. The Morgan fingerprint density at radius 2 is 1.67 bits per heavy atom. The molecule has 2 N–H and O–H groups in total. The molecule has 0 saturated heterocycles. The molecule has 4 nitrogen and oxygen atoms in total. The molecule has 0 spiro atoms. The molecule has 0 unspecified atom stereocenters. The van der Waals surface area contributed by atoms with Gasteiger partial charge in [0.2, 0.25) is 0 Å². The monoisotopic (exact) mass is 324 g/mol. The fourth-order valence-corrected chi connectivity index (χ4v) is 3.69. The number of anilines is 2. The normalized spacial score (nSPS) is 11.4. The number of sulfonamides is 1. The van der Waals surface area contributed by atoms with Crippen LogP contribution in [0.2, 0.25) is 5.02 Å². The highest BCUT2D eigenvalue weighted by Crippen LogP contribution is 2.30. The highest BCUT2D eigenvalue weighted by molar-refractivity contribution is 7.93. The number of hydrogen-bond acceptors (Lipinski definition) is 3. The maximum absolute atomic E-state index is 12.7. The summed E-state index contributed by atoms with van der Waals surface area (Å²) < 4.78 is 26.6. The van der Waals surface area contributed by atoms with E-state index < -0.39 is 10.0 Å². The van der Waals surface area contributed by atoms with Crippen LogP contribution >= 0.6 is 11.6 Å². The van der Waals surface area contributed by atoms with Crippen LogP contribution in [0, 0.1) is 13.8 Å². The van der Waals surface area contributed by atoms with Crippen molar-refractivity contribution in [1.82, 2.24) is 0 Å². The highest BCUT2D eigenvalue weighted by Gasteiger charge is 2.24. The third-order valence-electron chi connectivity index (χ3n) is 3.36. The van der Waals surface area contributed by atoms with Crippen LogP contribution in [0.5, 0.6) is 0 Å². The summed E-state index contributed by atoms with van der Waals surface area (Å²) >= 11 is 6.08. The summed E-state index contributed by atoms with van der Waals surface area (Å²) in [4.78, 5) is 0.00958. The Labute approximate surface area is 130 Å². The van der Waals surface area contributed by atoms with Crippen molar-refractivity contribution in [2.75, 3.05) is 17.1 Å². The first-order valence-corrected chi connectivity index (χ1v) is 8.16. The van der Waals surface area contributed by atoms with Crippen LogP contribution in [0.3, 0.4) is 0 Å². The first-order chi connectivity index (χ1) is 9.73. The Hall–Kier alpha value is -1.72. The lowest BCUT2D eigenvalue weighted by Crippen LogP contribution is -2.27. The molecule has 21 heavy (non-hydrogen) atoms. The third-order valence-corrected chi connectivity index (χ3v) is 5.61. The van der Waals surface area contributed by atoms with Gasteiger partial charge < -0.3 is 5.73 Å². The Kier molecular flexibility index (Phi) is 4.16. The molecule has 0 fully saturated rings. The average Bonchev–Trinajstić information content (AvgIpc) is 2.42. The number of nitrogen functional groups attached to an aromatic ring is 1. The van der Waals surface area contributed by atoms with Crippen LogP contribution in [0.1, 0.15) is 11.1 Å². The van der Waals surface area contributed by atoms with Gasteiger partial charge in [0.05, 0.1) is 10.7 Å². The molecule has 112 valence electrons. The second kappa shape index (κ2) is 5.58. The zero-order chi connectivity index (χ0) is 15.8. The predicted octanol–water partition coefficient (Wildman–Crippen LogP) is 3.36. The van der Waals surface area contributed by atoms with Gasteiger partial charge in [0, 0.05) is 12.7 Å². The van der Waals surface area contributed by atoms with Crippen molar-refractivity contribution in [2.45, 2.75) is 18.7 Å². The molecule has 0 amide bonds. The molecular weight excluding hydrogens is 308 g/mol. The number of hydrogen-bond donors (Lipinski definition) is 1. The van der Waals surface area contributed by atoms with Crippen molar-refractivity contribution < 1.29 is 8.42 Å². The van der Waals surface area contributed by atoms with Crippen LogP contribution in [0.15, 0.2) is 41.3 Å². The number of nitrogens with two attached hydrogens (primary N) is 1. The van der Waals surface area contributed by atoms with E-state index in [4.69, 9.17) is 17.3 Å². The molecule has 6 heteroatoms. The molecule has 0 radical (unpaired) electrons. The van der Waals surface area contributed by atoms with Crippen molar-refractivity contribution in [1.29, 1.82) is 0 Å². The van der Waals surface area contributed by atoms with Crippen LogP contribution < -0.4 is 10.0 Å². The summed E-state index contributed by atoms with van der Waals surface area (Å²) in [5.41, 5.74) is 8.57. The summed E-state index contributed by atoms with van der Waals surface area (Å²) in [6.07, 6.45) is 0. The van der Waals surface area contributed by atoms with Gasteiger partial charge in [-0.15, -0.1) is 0 Å². The number of nitrogens with zero attached hydrogens (tertiary/aromatic N) is 1. The molecule has 2 rings (SSSR count).